The Morgan fingerprint density at radius 2 is 0.880 bits per heavy atom. The van der Waals surface area contributed by atoms with E-state index < -0.39 is 86.8 Å². The molecule has 442 valence electrons. The number of allylic oxidation sites excluding steroid dienone is 4. The normalized spacial score (nSPS) is 25.1. The number of rotatable bonds is 50. The molecule has 0 saturated carbocycles. The lowest BCUT2D eigenvalue weighted by Gasteiger charge is -2.46. The zero-order valence-electron chi connectivity index (χ0n) is 47.6. The molecule has 0 spiro atoms. The van der Waals surface area contributed by atoms with Gasteiger partial charge in [0, 0.05) is 6.42 Å². The molecule has 2 aliphatic heterocycles. The fraction of sp³-hybridized carbons (Fsp3) is 0.918. The first-order valence-corrected chi connectivity index (χ1v) is 31.1. The molecule has 1 amide bonds. The van der Waals surface area contributed by atoms with Crippen molar-refractivity contribution >= 4 is 5.91 Å². The van der Waals surface area contributed by atoms with Crippen LogP contribution in [0.5, 0.6) is 0 Å². The first-order chi connectivity index (χ1) is 36.6. The molecule has 0 aromatic rings. The second kappa shape index (κ2) is 47.3. The van der Waals surface area contributed by atoms with Crippen molar-refractivity contribution in [3.05, 3.63) is 24.3 Å². The maximum absolute atomic E-state index is 13.3. The van der Waals surface area contributed by atoms with Gasteiger partial charge in [0.2, 0.25) is 5.91 Å². The predicted molar refractivity (Wildman–Crippen MR) is 300 cm³/mol. The number of carbonyl (C=O) groups is 1. The van der Waals surface area contributed by atoms with E-state index in [1.807, 2.05) is 0 Å². The van der Waals surface area contributed by atoms with Gasteiger partial charge >= 0.3 is 0 Å². The molecule has 0 aromatic carbocycles. The highest BCUT2D eigenvalue weighted by Gasteiger charge is 2.51. The van der Waals surface area contributed by atoms with Crippen LogP contribution in [-0.2, 0) is 23.7 Å². The highest BCUT2D eigenvalue weighted by Crippen LogP contribution is 2.30. The topological polar surface area (TPSA) is 228 Å². The van der Waals surface area contributed by atoms with Crippen LogP contribution in [0.25, 0.3) is 0 Å². The average molecular weight is 1070 g/mol. The Labute approximate surface area is 456 Å². The van der Waals surface area contributed by atoms with E-state index >= 15 is 0 Å². The third kappa shape index (κ3) is 33.0. The molecule has 12 atom stereocenters. The first-order valence-electron chi connectivity index (χ1n) is 31.1. The SMILES string of the molecule is CCCCC/C=C\C/C=C\CCCCCCCC(=O)NC(COC1OC(CO)C(OC2OC(CO)C(O)C(O)C2O)C(O)C1O)C(O)CCCCCCCCCCCCCCCCCCCCCCCCCCCC. The predicted octanol–water partition coefficient (Wildman–Crippen LogP) is 10.8. The van der Waals surface area contributed by atoms with Gasteiger partial charge < -0.3 is 65.1 Å². The van der Waals surface area contributed by atoms with Crippen molar-refractivity contribution in [2.24, 2.45) is 0 Å². The summed E-state index contributed by atoms with van der Waals surface area (Å²) >= 11 is 0. The van der Waals surface area contributed by atoms with Gasteiger partial charge in [0.1, 0.15) is 48.8 Å². The lowest BCUT2D eigenvalue weighted by Crippen LogP contribution is -2.65. The number of aliphatic hydroxyl groups excluding tert-OH is 8. The quantitative estimate of drug-likeness (QED) is 0.0204. The van der Waals surface area contributed by atoms with E-state index in [1.165, 1.54) is 161 Å². The summed E-state index contributed by atoms with van der Waals surface area (Å²) in [5.74, 6) is -0.218. The summed E-state index contributed by atoms with van der Waals surface area (Å²) in [7, 11) is 0. The molecule has 9 N–H and O–H groups in total. The van der Waals surface area contributed by atoms with Crippen molar-refractivity contribution in [1.82, 2.24) is 5.32 Å². The molecule has 0 aromatic heterocycles. The molecule has 2 aliphatic rings. The fourth-order valence-corrected chi connectivity index (χ4v) is 10.4. The lowest BCUT2D eigenvalue weighted by molar-refractivity contribution is -0.359. The molecule has 2 rings (SSSR count). The number of unbranched alkanes of at least 4 members (excludes halogenated alkanes) is 33. The number of hydrogen-bond acceptors (Lipinski definition) is 13. The number of hydrogen-bond donors (Lipinski definition) is 9. The standard InChI is InChI=1S/C61H115NO13/c1-3-5-7-9-11-13-15-17-19-20-21-22-23-24-25-26-27-28-29-31-32-34-36-38-40-42-44-50(65)49(62-53(66)45-43-41-39-37-35-33-30-18-16-14-12-10-8-6-4-2)48-72-60-58(71)56(69)59(52(47-64)74-60)75-61-57(70)55(68)54(67)51(46-63)73-61/h12,14,18,30,49-52,54-61,63-65,67-71H,3-11,13,15-17,19-29,31-48H2,1-2H3,(H,62,66)/b14-12-,30-18-. The van der Waals surface area contributed by atoms with Crippen LogP contribution >= 0.6 is 0 Å². The second-order valence-corrected chi connectivity index (χ2v) is 22.2. The average Bonchev–Trinajstić information content (AvgIpc) is 3.41. The first kappa shape index (κ1) is 69.6. The zero-order valence-corrected chi connectivity index (χ0v) is 47.6. The summed E-state index contributed by atoms with van der Waals surface area (Å²) in [6, 6.07) is -0.835. The van der Waals surface area contributed by atoms with Crippen molar-refractivity contribution in [2.45, 2.75) is 338 Å². The molecular formula is C61H115NO13. The third-order valence-corrected chi connectivity index (χ3v) is 15.4. The lowest BCUT2D eigenvalue weighted by atomic mass is 9.97. The molecule has 0 aliphatic carbocycles. The van der Waals surface area contributed by atoms with Crippen LogP contribution in [0.2, 0.25) is 0 Å². The van der Waals surface area contributed by atoms with Crippen LogP contribution < -0.4 is 5.32 Å². The van der Waals surface area contributed by atoms with Gasteiger partial charge in [-0.2, -0.15) is 0 Å². The number of amides is 1. The summed E-state index contributed by atoms with van der Waals surface area (Å²) < 4.78 is 22.8. The van der Waals surface area contributed by atoms with E-state index in [0.717, 1.165) is 70.6 Å². The van der Waals surface area contributed by atoms with Gasteiger partial charge in [0.25, 0.3) is 0 Å². The summed E-state index contributed by atoms with van der Waals surface area (Å²) in [5, 5.41) is 87.3. The van der Waals surface area contributed by atoms with Gasteiger partial charge in [-0.05, 0) is 44.9 Å². The number of aliphatic hydroxyl groups is 8. The number of nitrogens with one attached hydrogen (secondary N) is 1. The minimum Gasteiger partial charge on any atom is -0.394 e. The monoisotopic (exact) mass is 1070 g/mol. The summed E-state index contributed by atoms with van der Waals surface area (Å²) in [6.07, 6.45) is 39.0. The number of carbonyl (C=O) groups excluding carboxylic acids is 1. The maximum atomic E-state index is 13.3. The molecular weight excluding hydrogens is 955 g/mol. The zero-order chi connectivity index (χ0) is 54.6. The minimum absolute atomic E-state index is 0.218. The van der Waals surface area contributed by atoms with Crippen LogP contribution in [0.4, 0.5) is 0 Å². The Hall–Kier alpha value is -1.53. The van der Waals surface area contributed by atoms with Crippen LogP contribution in [0, 0.1) is 0 Å². The van der Waals surface area contributed by atoms with E-state index in [4.69, 9.17) is 18.9 Å². The summed E-state index contributed by atoms with van der Waals surface area (Å²) in [6.45, 7) is 2.85. The van der Waals surface area contributed by atoms with Gasteiger partial charge in [-0.3, -0.25) is 4.79 Å². The molecule has 2 saturated heterocycles. The molecule has 14 nitrogen and oxygen atoms in total. The maximum Gasteiger partial charge on any atom is 0.220 e. The second-order valence-electron chi connectivity index (χ2n) is 22.2. The Morgan fingerprint density at radius 3 is 1.36 bits per heavy atom. The van der Waals surface area contributed by atoms with Crippen molar-refractivity contribution in [3.63, 3.8) is 0 Å². The van der Waals surface area contributed by atoms with Gasteiger partial charge in [0.15, 0.2) is 12.6 Å². The van der Waals surface area contributed by atoms with Crippen molar-refractivity contribution < 1.29 is 64.6 Å². The Morgan fingerprint density at radius 1 is 0.480 bits per heavy atom. The molecule has 75 heavy (non-hydrogen) atoms. The van der Waals surface area contributed by atoms with E-state index in [-0.39, 0.29) is 18.9 Å². The van der Waals surface area contributed by atoms with Gasteiger partial charge in [0.05, 0.1) is 32.0 Å². The fourth-order valence-electron chi connectivity index (χ4n) is 10.4. The highest BCUT2D eigenvalue weighted by molar-refractivity contribution is 5.76. The van der Waals surface area contributed by atoms with E-state index in [2.05, 4.69) is 43.5 Å². The molecule has 0 radical (unpaired) electrons. The minimum atomic E-state index is -1.78. The molecule has 12 unspecified atom stereocenters. The van der Waals surface area contributed by atoms with E-state index in [9.17, 15) is 45.6 Å². The molecule has 14 heteroatoms. The van der Waals surface area contributed by atoms with Crippen LogP contribution in [0.3, 0.4) is 0 Å². The smallest absolute Gasteiger partial charge is 0.220 e. The third-order valence-electron chi connectivity index (χ3n) is 15.4. The van der Waals surface area contributed by atoms with Crippen molar-refractivity contribution in [1.29, 1.82) is 0 Å². The van der Waals surface area contributed by atoms with Crippen LogP contribution in [-0.4, -0.2) is 140 Å². The van der Waals surface area contributed by atoms with E-state index in [0.29, 0.717) is 12.8 Å². The number of ether oxygens (including phenoxy) is 4. The van der Waals surface area contributed by atoms with Gasteiger partial charge in [-0.1, -0.05) is 237 Å². The van der Waals surface area contributed by atoms with E-state index in [1.54, 1.807) is 0 Å². The Balaban J connectivity index is 1.71. The van der Waals surface area contributed by atoms with Gasteiger partial charge in [-0.25, -0.2) is 0 Å². The Bertz CT molecular complexity index is 1350. The summed E-state index contributed by atoms with van der Waals surface area (Å²) in [5.41, 5.74) is 0. The molecule has 0 bridgehead atoms. The van der Waals surface area contributed by atoms with Crippen LogP contribution in [0.1, 0.15) is 264 Å². The Kier molecular flexibility index (Phi) is 43.9. The molecule has 2 fully saturated rings. The molecule has 2 heterocycles. The van der Waals surface area contributed by atoms with Gasteiger partial charge in [-0.15, -0.1) is 0 Å². The summed E-state index contributed by atoms with van der Waals surface area (Å²) in [4.78, 5) is 13.3. The van der Waals surface area contributed by atoms with Crippen molar-refractivity contribution in [2.75, 3.05) is 19.8 Å². The highest BCUT2D eigenvalue weighted by atomic mass is 16.7. The van der Waals surface area contributed by atoms with Crippen molar-refractivity contribution in [3.8, 4) is 0 Å². The largest absolute Gasteiger partial charge is 0.394 e. The van der Waals surface area contributed by atoms with Crippen LogP contribution in [0.15, 0.2) is 24.3 Å².